The molecule has 1 N–H and O–H groups in total. The van der Waals surface area contributed by atoms with Crippen LogP contribution in [0.25, 0.3) is 0 Å². The zero-order chi connectivity index (χ0) is 13.0. The van der Waals surface area contributed by atoms with Gasteiger partial charge in [-0.05, 0) is 30.5 Å². The van der Waals surface area contributed by atoms with Crippen molar-refractivity contribution in [1.82, 2.24) is 0 Å². The number of hydrogen-bond donors (Lipinski definition) is 1. The summed E-state index contributed by atoms with van der Waals surface area (Å²) in [5.74, 6) is 0.506. The highest BCUT2D eigenvalue weighted by atomic mass is 35.5. The smallest absolute Gasteiger partial charge is 0.227 e. The number of hydrogen-bond acceptors (Lipinski definition) is 1. The molecule has 94 valence electrons. The summed E-state index contributed by atoms with van der Waals surface area (Å²) >= 11 is 11.7. The van der Waals surface area contributed by atoms with Crippen LogP contribution in [-0.4, -0.2) is 5.91 Å². The molecule has 0 aliphatic carbocycles. The van der Waals surface area contributed by atoms with Gasteiger partial charge in [0.1, 0.15) is 0 Å². The molecule has 1 unspecified atom stereocenters. The number of carbonyl (C=O) groups excluding carboxylic acids is 1. The Morgan fingerprint density at radius 3 is 2.41 bits per heavy atom. The molecular weight excluding hydrogens is 257 g/mol. The van der Waals surface area contributed by atoms with E-state index in [0.29, 0.717) is 21.7 Å². The van der Waals surface area contributed by atoms with E-state index in [9.17, 15) is 4.79 Å². The summed E-state index contributed by atoms with van der Waals surface area (Å²) in [4.78, 5) is 11.9. The van der Waals surface area contributed by atoms with Crippen molar-refractivity contribution in [3.05, 3.63) is 28.2 Å². The van der Waals surface area contributed by atoms with Gasteiger partial charge in [0.15, 0.2) is 0 Å². The number of rotatable bonds is 4. The molecule has 4 heteroatoms. The van der Waals surface area contributed by atoms with Crippen LogP contribution >= 0.6 is 23.2 Å². The quantitative estimate of drug-likeness (QED) is 0.853. The maximum atomic E-state index is 11.9. The van der Waals surface area contributed by atoms with Crippen molar-refractivity contribution < 1.29 is 4.79 Å². The molecule has 0 aliphatic rings. The lowest BCUT2D eigenvalue weighted by Gasteiger charge is -2.14. The van der Waals surface area contributed by atoms with Crippen molar-refractivity contribution in [2.24, 2.45) is 11.8 Å². The predicted molar refractivity (Wildman–Crippen MR) is 73.7 cm³/mol. The minimum absolute atomic E-state index is 0.00977. The topological polar surface area (TPSA) is 29.1 Å². The van der Waals surface area contributed by atoms with Crippen LogP contribution in [0.4, 0.5) is 5.69 Å². The monoisotopic (exact) mass is 273 g/mol. The van der Waals surface area contributed by atoms with Crippen molar-refractivity contribution >= 4 is 34.8 Å². The van der Waals surface area contributed by atoms with E-state index in [1.54, 1.807) is 18.2 Å². The number of anilines is 1. The summed E-state index contributed by atoms with van der Waals surface area (Å²) in [6, 6.07) is 5.07. The minimum Gasteiger partial charge on any atom is -0.326 e. The van der Waals surface area contributed by atoms with Gasteiger partial charge in [-0.2, -0.15) is 0 Å². The van der Waals surface area contributed by atoms with Crippen LogP contribution in [0.1, 0.15) is 27.2 Å². The Balaban J connectivity index is 2.64. The third kappa shape index (κ3) is 4.57. The summed E-state index contributed by atoms with van der Waals surface area (Å²) < 4.78 is 0. The molecule has 0 saturated heterocycles. The Morgan fingerprint density at radius 2 is 1.88 bits per heavy atom. The van der Waals surface area contributed by atoms with Crippen molar-refractivity contribution in [2.75, 3.05) is 5.32 Å². The third-order valence-corrected chi connectivity index (χ3v) is 3.20. The summed E-state index contributed by atoms with van der Waals surface area (Å²) in [6.45, 7) is 6.12. The molecular formula is C13H17Cl2NO. The second kappa shape index (κ2) is 6.27. The van der Waals surface area contributed by atoms with Gasteiger partial charge in [0.05, 0.1) is 10.0 Å². The van der Waals surface area contributed by atoms with Crippen LogP contribution in [0.5, 0.6) is 0 Å². The lowest BCUT2D eigenvalue weighted by Crippen LogP contribution is -2.21. The second-order valence-electron chi connectivity index (χ2n) is 4.65. The molecule has 0 saturated carbocycles. The average Bonchev–Trinajstić information content (AvgIpc) is 2.22. The van der Waals surface area contributed by atoms with Crippen LogP contribution in [0, 0.1) is 11.8 Å². The van der Waals surface area contributed by atoms with Crippen LogP contribution < -0.4 is 5.32 Å². The van der Waals surface area contributed by atoms with Crippen molar-refractivity contribution in [1.29, 1.82) is 0 Å². The fourth-order valence-corrected chi connectivity index (χ4v) is 1.95. The van der Waals surface area contributed by atoms with Gasteiger partial charge in [-0.1, -0.05) is 44.0 Å². The number of nitrogens with one attached hydrogen (secondary N) is 1. The van der Waals surface area contributed by atoms with E-state index in [1.807, 2.05) is 6.92 Å². The molecule has 0 spiro atoms. The highest BCUT2D eigenvalue weighted by Gasteiger charge is 2.14. The van der Waals surface area contributed by atoms with Crippen LogP contribution in [0.2, 0.25) is 10.0 Å². The first kappa shape index (κ1) is 14.3. The molecule has 1 rings (SSSR count). The largest absolute Gasteiger partial charge is 0.326 e. The first-order chi connectivity index (χ1) is 7.90. The van der Waals surface area contributed by atoms with E-state index in [0.717, 1.165) is 6.42 Å². The summed E-state index contributed by atoms with van der Waals surface area (Å²) in [5, 5.41) is 3.76. The molecule has 1 aromatic carbocycles. The normalized spacial score (nSPS) is 12.6. The molecule has 0 aromatic heterocycles. The van der Waals surface area contributed by atoms with Crippen molar-refractivity contribution in [3.8, 4) is 0 Å². The Labute approximate surface area is 112 Å². The molecule has 0 aliphatic heterocycles. The lowest BCUT2D eigenvalue weighted by molar-refractivity contribution is -0.119. The highest BCUT2D eigenvalue weighted by molar-refractivity contribution is 6.42. The molecule has 0 heterocycles. The van der Waals surface area contributed by atoms with Gasteiger partial charge < -0.3 is 5.32 Å². The Kier molecular flexibility index (Phi) is 5.29. The fraction of sp³-hybridized carbons (Fsp3) is 0.462. The molecule has 17 heavy (non-hydrogen) atoms. The molecule has 1 amide bonds. The van der Waals surface area contributed by atoms with Crippen LogP contribution in [-0.2, 0) is 4.79 Å². The zero-order valence-corrected chi connectivity index (χ0v) is 11.8. The number of benzene rings is 1. The van der Waals surface area contributed by atoms with Crippen molar-refractivity contribution in [3.63, 3.8) is 0 Å². The Hall–Kier alpha value is -0.730. The second-order valence-corrected chi connectivity index (χ2v) is 5.46. The number of amides is 1. The molecule has 2 nitrogen and oxygen atoms in total. The Bertz CT molecular complexity index is 404. The van der Waals surface area contributed by atoms with Gasteiger partial charge in [-0.25, -0.2) is 0 Å². The minimum atomic E-state index is -0.00977. The summed E-state index contributed by atoms with van der Waals surface area (Å²) in [5.41, 5.74) is 0.681. The number of halogens is 2. The average molecular weight is 274 g/mol. The van der Waals surface area contributed by atoms with E-state index in [4.69, 9.17) is 23.2 Å². The van der Waals surface area contributed by atoms with Gasteiger partial charge in [-0.3, -0.25) is 4.79 Å². The third-order valence-electron chi connectivity index (χ3n) is 2.46. The molecule has 0 bridgehead atoms. The lowest BCUT2D eigenvalue weighted by atomic mass is 9.98. The molecule has 0 radical (unpaired) electrons. The fourth-order valence-electron chi connectivity index (χ4n) is 1.65. The molecule has 1 aromatic rings. The number of carbonyl (C=O) groups is 1. The van der Waals surface area contributed by atoms with Gasteiger partial charge in [0.25, 0.3) is 0 Å². The van der Waals surface area contributed by atoms with Gasteiger partial charge >= 0.3 is 0 Å². The molecule has 1 atom stereocenters. The van der Waals surface area contributed by atoms with E-state index in [2.05, 4.69) is 19.2 Å². The maximum Gasteiger partial charge on any atom is 0.227 e. The summed E-state index contributed by atoms with van der Waals surface area (Å²) in [7, 11) is 0. The van der Waals surface area contributed by atoms with Gasteiger partial charge in [0, 0.05) is 11.6 Å². The zero-order valence-electron chi connectivity index (χ0n) is 10.3. The van der Waals surface area contributed by atoms with Gasteiger partial charge in [-0.15, -0.1) is 0 Å². The van der Waals surface area contributed by atoms with E-state index in [-0.39, 0.29) is 11.8 Å². The molecule has 0 fully saturated rings. The van der Waals surface area contributed by atoms with E-state index >= 15 is 0 Å². The maximum absolute atomic E-state index is 11.9. The van der Waals surface area contributed by atoms with Crippen molar-refractivity contribution in [2.45, 2.75) is 27.2 Å². The highest BCUT2D eigenvalue weighted by Crippen LogP contribution is 2.25. The van der Waals surface area contributed by atoms with Crippen LogP contribution in [0.3, 0.4) is 0 Å². The summed E-state index contributed by atoms with van der Waals surface area (Å²) in [6.07, 6.45) is 0.868. The SMILES string of the molecule is CC(C)CC(C)C(=O)Nc1ccc(Cl)c(Cl)c1. The first-order valence-electron chi connectivity index (χ1n) is 5.66. The van der Waals surface area contributed by atoms with E-state index in [1.165, 1.54) is 0 Å². The van der Waals surface area contributed by atoms with Crippen LogP contribution in [0.15, 0.2) is 18.2 Å². The predicted octanol–water partition coefficient (Wildman–Crippen LogP) is 4.61. The standard InChI is InChI=1S/C13H17Cl2NO/c1-8(2)6-9(3)13(17)16-10-4-5-11(14)12(15)7-10/h4-5,7-9H,6H2,1-3H3,(H,16,17). The van der Waals surface area contributed by atoms with Gasteiger partial charge in [0.2, 0.25) is 5.91 Å². The van der Waals surface area contributed by atoms with E-state index < -0.39 is 0 Å². The first-order valence-corrected chi connectivity index (χ1v) is 6.41. The Morgan fingerprint density at radius 1 is 1.24 bits per heavy atom.